The Balaban J connectivity index is 1.86. The molecule has 5 heteroatoms. The number of halogens is 1. The van der Waals surface area contributed by atoms with Gasteiger partial charge in [-0.05, 0) is 49.2 Å². The lowest BCUT2D eigenvalue weighted by Crippen LogP contribution is -2.09. The summed E-state index contributed by atoms with van der Waals surface area (Å²) < 4.78 is 30.4. The molecule has 0 amide bonds. The third kappa shape index (κ3) is 7.22. The van der Waals surface area contributed by atoms with Crippen molar-refractivity contribution >= 4 is 5.97 Å². The van der Waals surface area contributed by atoms with Gasteiger partial charge in [-0.3, -0.25) is 0 Å². The number of carbonyl (C=O) groups is 1. The van der Waals surface area contributed by atoms with Crippen molar-refractivity contribution in [3.05, 3.63) is 53.8 Å². The zero-order chi connectivity index (χ0) is 20.2. The van der Waals surface area contributed by atoms with Crippen molar-refractivity contribution < 1.29 is 23.4 Å². The first kappa shape index (κ1) is 21.7. The van der Waals surface area contributed by atoms with E-state index in [1.165, 1.54) is 18.2 Å². The molecule has 2 aromatic carbocycles. The molecule has 0 atom stereocenters. The molecule has 0 saturated carbocycles. The zero-order valence-electron chi connectivity index (χ0n) is 16.7. The molecule has 0 radical (unpaired) electrons. The molecule has 0 fully saturated rings. The SMILES string of the molecule is CCCCCCOc1ccc(OC(=O)c2ccc(OCCCC)cc2)cc1F. The van der Waals surface area contributed by atoms with Crippen molar-refractivity contribution in [1.29, 1.82) is 0 Å². The van der Waals surface area contributed by atoms with Gasteiger partial charge in [-0.2, -0.15) is 0 Å². The standard InChI is InChI=1S/C23H29FO4/c1-3-5-7-8-16-27-22-14-13-20(17-21(22)24)28-23(25)18-9-11-19(12-10-18)26-15-6-4-2/h9-14,17H,3-8,15-16H2,1-2H3. The maximum absolute atomic E-state index is 14.1. The highest BCUT2D eigenvalue weighted by Crippen LogP contribution is 2.24. The second-order valence-electron chi connectivity index (χ2n) is 6.62. The fraction of sp³-hybridized carbons (Fsp3) is 0.435. The second-order valence-corrected chi connectivity index (χ2v) is 6.62. The Morgan fingerprint density at radius 1 is 0.821 bits per heavy atom. The topological polar surface area (TPSA) is 44.8 Å². The van der Waals surface area contributed by atoms with E-state index >= 15 is 0 Å². The summed E-state index contributed by atoms with van der Waals surface area (Å²) in [5, 5.41) is 0. The van der Waals surface area contributed by atoms with Crippen LogP contribution in [0.25, 0.3) is 0 Å². The first-order valence-corrected chi connectivity index (χ1v) is 10.0. The lowest BCUT2D eigenvalue weighted by atomic mass is 10.2. The summed E-state index contributed by atoms with van der Waals surface area (Å²) >= 11 is 0. The van der Waals surface area contributed by atoms with Gasteiger partial charge >= 0.3 is 5.97 Å². The molecule has 0 saturated heterocycles. The molecule has 0 unspecified atom stereocenters. The van der Waals surface area contributed by atoms with Crippen molar-refractivity contribution in [2.75, 3.05) is 13.2 Å². The number of ether oxygens (including phenoxy) is 3. The average Bonchev–Trinajstić information content (AvgIpc) is 2.70. The third-order valence-electron chi connectivity index (χ3n) is 4.23. The van der Waals surface area contributed by atoms with E-state index in [9.17, 15) is 9.18 Å². The Kier molecular flexibility index (Phi) is 9.32. The molecule has 2 aromatic rings. The van der Waals surface area contributed by atoms with E-state index in [1.54, 1.807) is 24.3 Å². The lowest BCUT2D eigenvalue weighted by molar-refractivity contribution is 0.0734. The molecule has 2 rings (SSSR count). The van der Waals surface area contributed by atoms with Gasteiger partial charge in [0.25, 0.3) is 0 Å². The summed E-state index contributed by atoms with van der Waals surface area (Å²) in [6, 6.07) is 10.9. The molecular formula is C23H29FO4. The van der Waals surface area contributed by atoms with Gasteiger partial charge in [-0.1, -0.05) is 39.5 Å². The van der Waals surface area contributed by atoms with Gasteiger partial charge in [-0.25, -0.2) is 9.18 Å². The summed E-state index contributed by atoms with van der Waals surface area (Å²) in [6.07, 6.45) is 6.28. The predicted octanol–water partition coefficient (Wildman–Crippen LogP) is 6.18. The van der Waals surface area contributed by atoms with Crippen LogP contribution in [0.3, 0.4) is 0 Å². The van der Waals surface area contributed by atoms with Crippen LogP contribution in [-0.4, -0.2) is 19.2 Å². The Hall–Kier alpha value is -2.56. The number of hydrogen-bond acceptors (Lipinski definition) is 4. The molecule has 0 aliphatic heterocycles. The number of unbranched alkanes of at least 4 members (excludes halogenated alkanes) is 4. The molecule has 28 heavy (non-hydrogen) atoms. The molecule has 4 nitrogen and oxygen atoms in total. The Morgan fingerprint density at radius 3 is 2.18 bits per heavy atom. The molecule has 0 aromatic heterocycles. The largest absolute Gasteiger partial charge is 0.494 e. The van der Waals surface area contributed by atoms with Gasteiger partial charge in [-0.15, -0.1) is 0 Å². The van der Waals surface area contributed by atoms with Crippen molar-refractivity contribution in [3.63, 3.8) is 0 Å². The van der Waals surface area contributed by atoms with Gasteiger partial charge in [0.2, 0.25) is 0 Å². The summed E-state index contributed by atoms with van der Waals surface area (Å²) in [6.45, 7) is 5.35. The Bertz CT molecular complexity index is 728. The Labute approximate surface area is 166 Å². The molecule has 0 N–H and O–H groups in total. The fourth-order valence-electron chi connectivity index (χ4n) is 2.56. The van der Waals surface area contributed by atoms with E-state index in [1.807, 2.05) is 0 Å². The third-order valence-corrected chi connectivity index (χ3v) is 4.23. The highest BCUT2D eigenvalue weighted by atomic mass is 19.1. The minimum Gasteiger partial charge on any atom is -0.494 e. The number of esters is 1. The number of benzene rings is 2. The van der Waals surface area contributed by atoms with Gasteiger partial charge in [0.15, 0.2) is 11.6 Å². The van der Waals surface area contributed by atoms with Crippen LogP contribution in [0.15, 0.2) is 42.5 Å². The van der Waals surface area contributed by atoms with Crippen LogP contribution < -0.4 is 14.2 Å². The summed E-state index contributed by atoms with van der Waals surface area (Å²) in [5.41, 5.74) is 0.375. The monoisotopic (exact) mass is 388 g/mol. The lowest BCUT2D eigenvalue weighted by Gasteiger charge is -2.10. The molecule has 152 valence electrons. The van der Waals surface area contributed by atoms with Crippen LogP contribution in [-0.2, 0) is 0 Å². The minimum absolute atomic E-state index is 0.143. The van der Waals surface area contributed by atoms with Crippen LogP contribution in [0.1, 0.15) is 62.7 Å². The fourth-order valence-corrected chi connectivity index (χ4v) is 2.56. The van der Waals surface area contributed by atoms with Gasteiger partial charge in [0.05, 0.1) is 18.8 Å². The van der Waals surface area contributed by atoms with Crippen molar-refractivity contribution in [2.24, 2.45) is 0 Å². The highest BCUT2D eigenvalue weighted by molar-refractivity contribution is 5.91. The normalized spacial score (nSPS) is 10.5. The summed E-state index contributed by atoms with van der Waals surface area (Å²) in [7, 11) is 0. The zero-order valence-corrected chi connectivity index (χ0v) is 16.7. The van der Waals surface area contributed by atoms with E-state index in [-0.39, 0.29) is 11.5 Å². The van der Waals surface area contributed by atoms with Crippen LogP contribution in [0.4, 0.5) is 4.39 Å². The number of hydrogen-bond donors (Lipinski definition) is 0. The Morgan fingerprint density at radius 2 is 1.50 bits per heavy atom. The molecule has 0 aliphatic carbocycles. The first-order valence-electron chi connectivity index (χ1n) is 10.0. The van der Waals surface area contributed by atoms with E-state index in [2.05, 4.69) is 13.8 Å². The quantitative estimate of drug-likeness (QED) is 0.247. The van der Waals surface area contributed by atoms with Gasteiger partial charge in [0, 0.05) is 6.07 Å². The van der Waals surface area contributed by atoms with E-state index in [0.717, 1.165) is 38.5 Å². The maximum atomic E-state index is 14.1. The molecule has 0 heterocycles. The second kappa shape index (κ2) is 12.0. The van der Waals surface area contributed by atoms with Crippen molar-refractivity contribution in [2.45, 2.75) is 52.4 Å². The molecule has 0 bridgehead atoms. The number of carbonyl (C=O) groups excluding carboxylic acids is 1. The first-order chi connectivity index (χ1) is 13.6. The van der Waals surface area contributed by atoms with Crippen LogP contribution in [0.5, 0.6) is 17.2 Å². The predicted molar refractivity (Wildman–Crippen MR) is 108 cm³/mol. The van der Waals surface area contributed by atoms with E-state index in [4.69, 9.17) is 14.2 Å². The average molecular weight is 388 g/mol. The van der Waals surface area contributed by atoms with Gasteiger partial charge < -0.3 is 14.2 Å². The maximum Gasteiger partial charge on any atom is 0.343 e. The molecular weight excluding hydrogens is 359 g/mol. The highest BCUT2D eigenvalue weighted by Gasteiger charge is 2.12. The van der Waals surface area contributed by atoms with Crippen molar-refractivity contribution in [3.8, 4) is 17.2 Å². The van der Waals surface area contributed by atoms with Crippen LogP contribution in [0, 0.1) is 5.82 Å². The van der Waals surface area contributed by atoms with Crippen LogP contribution >= 0.6 is 0 Å². The molecule has 0 aliphatic rings. The smallest absolute Gasteiger partial charge is 0.343 e. The minimum atomic E-state index is -0.548. The number of rotatable bonds is 12. The van der Waals surface area contributed by atoms with E-state index in [0.29, 0.717) is 24.5 Å². The van der Waals surface area contributed by atoms with Crippen LogP contribution in [0.2, 0.25) is 0 Å². The van der Waals surface area contributed by atoms with Gasteiger partial charge in [0.1, 0.15) is 11.5 Å². The summed E-state index contributed by atoms with van der Waals surface area (Å²) in [5.74, 6) is -0.0707. The van der Waals surface area contributed by atoms with E-state index < -0.39 is 11.8 Å². The van der Waals surface area contributed by atoms with Crippen molar-refractivity contribution in [1.82, 2.24) is 0 Å². The molecule has 0 spiro atoms. The summed E-state index contributed by atoms with van der Waals surface area (Å²) in [4.78, 5) is 12.2.